The highest BCUT2D eigenvalue weighted by Gasteiger charge is 1.83. The van der Waals surface area contributed by atoms with E-state index in [0.29, 0.717) is 0 Å². The van der Waals surface area contributed by atoms with Gasteiger partial charge in [-0.2, -0.15) is 11.8 Å². The summed E-state index contributed by atoms with van der Waals surface area (Å²) in [5.41, 5.74) is 3.22. The maximum Gasteiger partial charge on any atom is 0.0404 e. The minimum absolute atomic E-state index is 1.02. The van der Waals surface area contributed by atoms with Crippen molar-refractivity contribution in [1.82, 2.24) is 4.68 Å². The summed E-state index contributed by atoms with van der Waals surface area (Å²) in [5, 5.41) is 0. The van der Waals surface area contributed by atoms with E-state index in [9.17, 15) is 0 Å². The molecule has 0 aliphatic rings. The smallest absolute Gasteiger partial charge is 0.0404 e. The van der Waals surface area contributed by atoms with E-state index in [2.05, 4.69) is 11.7 Å². The van der Waals surface area contributed by atoms with Crippen molar-refractivity contribution >= 4 is 11.8 Å². The Kier molecular flexibility index (Phi) is 3.22. The Balaban J connectivity index is 2.15. The number of thioether (sulfide) groups is 1. The third kappa shape index (κ3) is 2.35. The lowest BCUT2D eigenvalue weighted by Crippen LogP contribution is -2.15. The molecule has 0 bridgehead atoms. The normalized spacial score (nSPS) is 9.70. The molecule has 0 spiro atoms. The van der Waals surface area contributed by atoms with Gasteiger partial charge >= 0.3 is 0 Å². The molecule has 1 rings (SSSR count). The van der Waals surface area contributed by atoms with Crippen LogP contribution in [0.5, 0.6) is 0 Å². The Morgan fingerprint density at radius 3 is 2.70 bits per heavy atom. The number of aromatic nitrogens is 1. The van der Waals surface area contributed by atoms with Crippen molar-refractivity contribution in [3.63, 3.8) is 0 Å². The van der Waals surface area contributed by atoms with Gasteiger partial charge in [-0.1, -0.05) is 0 Å². The van der Waals surface area contributed by atoms with Gasteiger partial charge in [-0.3, -0.25) is 4.68 Å². The van der Waals surface area contributed by atoms with Crippen LogP contribution in [-0.4, -0.2) is 23.2 Å². The van der Waals surface area contributed by atoms with Crippen molar-refractivity contribution in [2.45, 2.75) is 0 Å². The van der Waals surface area contributed by atoms with Crippen LogP contribution in [0.4, 0.5) is 0 Å². The van der Waals surface area contributed by atoms with E-state index in [-0.39, 0.29) is 0 Å². The van der Waals surface area contributed by atoms with Crippen LogP contribution in [0.15, 0.2) is 24.5 Å². The molecule has 10 heavy (non-hydrogen) atoms. The Labute approximate surface area is 65.6 Å². The largest absolute Gasteiger partial charge is 0.326 e. The molecule has 2 nitrogen and oxygen atoms in total. The Hall–Kier alpha value is -0.570. The molecule has 56 valence electrons. The summed E-state index contributed by atoms with van der Waals surface area (Å²) in [6, 6.07) is 4.01. The van der Waals surface area contributed by atoms with Gasteiger partial charge in [-0.25, -0.2) is 0 Å². The Morgan fingerprint density at radius 2 is 2.10 bits per heavy atom. The van der Waals surface area contributed by atoms with Crippen LogP contribution in [0, 0.1) is 0 Å². The van der Waals surface area contributed by atoms with Crippen LogP contribution in [0.1, 0.15) is 0 Å². The molecule has 0 saturated heterocycles. The maximum absolute atomic E-state index is 3.22. The number of rotatable bonds is 4. The third-order valence-corrected chi connectivity index (χ3v) is 1.82. The molecule has 1 aromatic heterocycles. The second-order valence-corrected chi connectivity index (χ2v) is 2.98. The zero-order chi connectivity index (χ0) is 7.23. The molecule has 0 atom stereocenters. The minimum Gasteiger partial charge on any atom is -0.326 e. The predicted octanol–water partition coefficient (Wildman–Crippen LogP) is 1.39. The lowest BCUT2D eigenvalue weighted by atomic mass is 10.7. The Morgan fingerprint density at radius 1 is 1.40 bits per heavy atom. The van der Waals surface area contributed by atoms with E-state index in [1.54, 1.807) is 0 Å². The standard InChI is InChI=1S/C7H12N2S/c1-10-7-4-8-9-5-2-3-6-9/h2-3,5-6,8H,4,7H2,1H3. The quantitative estimate of drug-likeness (QED) is 0.663. The van der Waals surface area contributed by atoms with Gasteiger partial charge in [0.15, 0.2) is 0 Å². The van der Waals surface area contributed by atoms with Crippen LogP contribution in [0.3, 0.4) is 0 Å². The molecule has 0 unspecified atom stereocenters. The highest BCUT2D eigenvalue weighted by molar-refractivity contribution is 7.98. The molecule has 1 N–H and O–H groups in total. The van der Waals surface area contributed by atoms with Crippen LogP contribution in [-0.2, 0) is 0 Å². The van der Waals surface area contributed by atoms with Gasteiger partial charge in [0, 0.05) is 24.7 Å². The fraction of sp³-hybridized carbons (Fsp3) is 0.429. The molecule has 1 heterocycles. The first-order chi connectivity index (χ1) is 4.93. The van der Waals surface area contributed by atoms with Gasteiger partial charge in [0.1, 0.15) is 0 Å². The molecular formula is C7H12N2S. The zero-order valence-corrected chi connectivity index (χ0v) is 6.90. The first kappa shape index (κ1) is 7.54. The summed E-state index contributed by atoms with van der Waals surface area (Å²) >= 11 is 1.85. The number of nitrogens with one attached hydrogen (secondary N) is 1. The van der Waals surface area contributed by atoms with E-state index in [1.807, 2.05) is 41.0 Å². The molecule has 0 saturated carbocycles. The van der Waals surface area contributed by atoms with Crippen LogP contribution in [0.2, 0.25) is 0 Å². The summed E-state index contributed by atoms with van der Waals surface area (Å²) in [5.74, 6) is 1.15. The molecule has 0 fully saturated rings. The summed E-state index contributed by atoms with van der Waals surface area (Å²) < 4.78 is 1.97. The van der Waals surface area contributed by atoms with Crippen molar-refractivity contribution in [3.8, 4) is 0 Å². The zero-order valence-electron chi connectivity index (χ0n) is 6.08. The van der Waals surface area contributed by atoms with Gasteiger partial charge in [0.25, 0.3) is 0 Å². The summed E-state index contributed by atoms with van der Waals surface area (Å²) in [4.78, 5) is 0. The molecule has 0 amide bonds. The van der Waals surface area contributed by atoms with Gasteiger partial charge < -0.3 is 5.43 Å². The first-order valence-corrected chi connectivity index (χ1v) is 4.68. The minimum atomic E-state index is 1.02. The van der Waals surface area contributed by atoms with E-state index in [1.165, 1.54) is 0 Å². The molecule has 0 radical (unpaired) electrons. The van der Waals surface area contributed by atoms with Gasteiger partial charge in [0.05, 0.1) is 0 Å². The van der Waals surface area contributed by atoms with E-state index < -0.39 is 0 Å². The van der Waals surface area contributed by atoms with Gasteiger partial charge in [0.2, 0.25) is 0 Å². The number of hydrogen-bond acceptors (Lipinski definition) is 2. The number of hydrogen-bond donors (Lipinski definition) is 1. The molecule has 0 aliphatic heterocycles. The van der Waals surface area contributed by atoms with Gasteiger partial charge in [-0.05, 0) is 18.4 Å². The average Bonchev–Trinajstić information content (AvgIpc) is 2.41. The topological polar surface area (TPSA) is 17.0 Å². The third-order valence-electron chi connectivity index (χ3n) is 1.21. The average molecular weight is 156 g/mol. The van der Waals surface area contributed by atoms with E-state index in [4.69, 9.17) is 0 Å². The molecule has 3 heteroatoms. The molecule has 0 aromatic carbocycles. The monoisotopic (exact) mass is 156 g/mol. The number of nitrogens with zero attached hydrogens (tertiary/aromatic N) is 1. The fourth-order valence-corrected chi connectivity index (χ4v) is 1.01. The predicted molar refractivity (Wildman–Crippen MR) is 47.0 cm³/mol. The summed E-state index contributed by atoms with van der Waals surface area (Å²) in [7, 11) is 0. The lowest BCUT2D eigenvalue weighted by Gasteiger charge is -2.04. The van der Waals surface area contributed by atoms with Gasteiger partial charge in [-0.15, -0.1) is 0 Å². The van der Waals surface area contributed by atoms with Crippen molar-refractivity contribution in [2.75, 3.05) is 24.0 Å². The fourth-order valence-electron chi connectivity index (χ4n) is 0.717. The van der Waals surface area contributed by atoms with E-state index in [0.717, 1.165) is 12.3 Å². The highest BCUT2D eigenvalue weighted by atomic mass is 32.2. The molecular weight excluding hydrogens is 144 g/mol. The maximum atomic E-state index is 3.22. The molecule has 1 aromatic rings. The van der Waals surface area contributed by atoms with Crippen LogP contribution < -0.4 is 5.43 Å². The van der Waals surface area contributed by atoms with Crippen molar-refractivity contribution in [2.24, 2.45) is 0 Å². The second kappa shape index (κ2) is 4.28. The van der Waals surface area contributed by atoms with Crippen LogP contribution in [0.25, 0.3) is 0 Å². The molecule has 0 aliphatic carbocycles. The summed E-state index contributed by atoms with van der Waals surface area (Å²) in [6.45, 7) is 1.02. The van der Waals surface area contributed by atoms with Crippen molar-refractivity contribution in [3.05, 3.63) is 24.5 Å². The van der Waals surface area contributed by atoms with Crippen molar-refractivity contribution in [1.29, 1.82) is 0 Å². The lowest BCUT2D eigenvalue weighted by molar-refractivity contribution is 0.876. The summed E-state index contributed by atoms with van der Waals surface area (Å²) in [6.07, 6.45) is 6.11. The Bertz CT molecular complexity index is 160. The highest BCUT2D eigenvalue weighted by Crippen LogP contribution is 1.89. The second-order valence-electron chi connectivity index (χ2n) is 1.99. The van der Waals surface area contributed by atoms with Crippen LogP contribution >= 0.6 is 11.8 Å². The first-order valence-electron chi connectivity index (χ1n) is 3.29. The van der Waals surface area contributed by atoms with Crippen molar-refractivity contribution < 1.29 is 0 Å². The van der Waals surface area contributed by atoms with E-state index >= 15 is 0 Å². The SMILES string of the molecule is CSCCNn1cccc1.